The summed E-state index contributed by atoms with van der Waals surface area (Å²) < 4.78 is 3.38. The van der Waals surface area contributed by atoms with Crippen molar-refractivity contribution < 1.29 is 4.79 Å². The number of aromatic nitrogens is 3. The fourth-order valence-corrected chi connectivity index (χ4v) is 3.69. The van der Waals surface area contributed by atoms with E-state index < -0.39 is 0 Å². The molecule has 0 radical (unpaired) electrons. The maximum atomic E-state index is 12.3. The van der Waals surface area contributed by atoms with Gasteiger partial charge in [0.25, 0.3) is 5.56 Å². The van der Waals surface area contributed by atoms with Crippen LogP contribution in [-0.4, -0.2) is 38.6 Å². The summed E-state index contributed by atoms with van der Waals surface area (Å²) in [4.78, 5) is 25.1. The lowest BCUT2D eigenvalue weighted by atomic mass is 10.2. The smallest absolute Gasteiger partial charge is 0.252 e. The zero-order valence-corrected chi connectivity index (χ0v) is 16.0. The number of nitrogens with zero attached hydrogens (tertiary/aromatic N) is 3. The summed E-state index contributed by atoms with van der Waals surface area (Å²) in [6.07, 6.45) is 1.79. The van der Waals surface area contributed by atoms with E-state index in [-0.39, 0.29) is 18.0 Å². The number of carbonyl (C=O) groups is 1. The van der Waals surface area contributed by atoms with Crippen LogP contribution in [0.5, 0.6) is 0 Å². The van der Waals surface area contributed by atoms with Crippen molar-refractivity contribution in [3.8, 4) is 0 Å². The Hall–Kier alpha value is -2.58. The van der Waals surface area contributed by atoms with Crippen LogP contribution in [0.2, 0.25) is 0 Å². The average Bonchev–Trinajstić information content (AvgIpc) is 3.00. The van der Waals surface area contributed by atoms with Crippen molar-refractivity contribution in [3.05, 3.63) is 52.1 Å². The number of hydrogen-bond acceptors (Lipinski definition) is 5. The SMILES string of the molecule is Cc1cc(SN(C)CC(=O)Nc2cc(C)n(C)c(=O)c2)c2[nH]ncc2c1. The number of benzene rings is 1. The number of likely N-dealkylation sites (N-methyl/N-ethyl adjacent to an activating group) is 1. The molecule has 2 heterocycles. The number of aryl methyl sites for hydroxylation is 2. The van der Waals surface area contributed by atoms with Gasteiger partial charge in [0.15, 0.2) is 0 Å². The fraction of sp³-hybridized carbons (Fsp3) is 0.278. The first-order valence-corrected chi connectivity index (χ1v) is 8.91. The number of nitrogens with one attached hydrogen (secondary N) is 2. The highest BCUT2D eigenvalue weighted by Crippen LogP contribution is 2.29. The van der Waals surface area contributed by atoms with Crippen LogP contribution in [0, 0.1) is 13.8 Å². The zero-order valence-electron chi connectivity index (χ0n) is 15.2. The third-order valence-electron chi connectivity index (χ3n) is 4.06. The standard InChI is InChI=1S/C18H21N5O2S/c1-11-5-13-9-19-21-18(13)15(6-11)26-22(3)10-16(24)20-14-7-12(2)23(4)17(25)8-14/h5-9H,10H2,1-4H3,(H,19,21)(H,20,24). The number of amides is 1. The summed E-state index contributed by atoms with van der Waals surface area (Å²) in [5.74, 6) is -0.179. The number of rotatable bonds is 5. The van der Waals surface area contributed by atoms with Crippen LogP contribution >= 0.6 is 11.9 Å². The summed E-state index contributed by atoms with van der Waals surface area (Å²) >= 11 is 1.47. The van der Waals surface area contributed by atoms with Crippen LogP contribution < -0.4 is 10.9 Å². The van der Waals surface area contributed by atoms with Gasteiger partial charge in [-0.2, -0.15) is 5.10 Å². The molecule has 0 aliphatic heterocycles. The number of anilines is 1. The Morgan fingerprint density at radius 1 is 1.31 bits per heavy atom. The third kappa shape index (κ3) is 3.97. The number of H-pyrrole nitrogens is 1. The van der Waals surface area contributed by atoms with E-state index in [0.717, 1.165) is 27.1 Å². The minimum absolute atomic E-state index is 0.149. The molecule has 1 aromatic carbocycles. The van der Waals surface area contributed by atoms with Gasteiger partial charge in [0.1, 0.15) is 0 Å². The number of carbonyl (C=O) groups excluding carboxylic acids is 1. The molecule has 2 aromatic heterocycles. The van der Waals surface area contributed by atoms with Crippen LogP contribution in [0.1, 0.15) is 11.3 Å². The van der Waals surface area contributed by atoms with Crippen molar-refractivity contribution in [2.45, 2.75) is 18.7 Å². The second-order valence-corrected chi connectivity index (χ2v) is 7.55. The minimum atomic E-state index is -0.179. The molecule has 0 aliphatic carbocycles. The third-order valence-corrected chi connectivity index (χ3v) is 5.02. The summed E-state index contributed by atoms with van der Waals surface area (Å²) in [5.41, 5.74) is 3.24. The number of aromatic amines is 1. The molecule has 0 bridgehead atoms. The van der Waals surface area contributed by atoms with E-state index in [1.807, 2.05) is 25.2 Å². The van der Waals surface area contributed by atoms with Gasteiger partial charge in [-0.15, -0.1) is 0 Å². The average molecular weight is 371 g/mol. The van der Waals surface area contributed by atoms with Gasteiger partial charge in [0.2, 0.25) is 5.91 Å². The summed E-state index contributed by atoms with van der Waals surface area (Å²) in [7, 11) is 3.55. The number of hydrogen-bond donors (Lipinski definition) is 2. The van der Waals surface area contributed by atoms with E-state index in [0.29, 0.717) is 5.69 Å². The normalized spacial score (nSPS) is 11.3. The highest BCUT2D eigenvalue weighted by Gasteiger charge is 2.12. The largest absolute Gasteiger partial charge is 0.325 e. The summed E-state index contributed by atoms with van der Waals surface area (Å²) in [5, 5.41) is 10.9. The topological polar surface area (TPSA) is 83.0 Å². The zero-order chi connectivity index (χ0) is 18.8. The van der Waals surface area contributed by atoms with Crippen LogP contribution in [0.3, 0.4) is 0 Å². The van der Waals surface area contributed by atoms with Crippen molar-refractivity contribution >= 4 is 34.4 Å². The van der Waals surface area contributed by atoms with Gasteiger partial charge in [-0.05, 0) is 56.6 Å². The van der Waals surface area contributed by atoms with Crippen molar-refractivity contribution in [1.82, 2.24) is 19.1 Å². The first kappa shape index (κ1) is 18.2. The Labute approximate surface area is 155 Å². The molecule has 0 unspecified atom stereocenters. The molecule has 8 heteroatoms. The first-order valence-electron chi connectivity index (χ1n) is 8.14. The van der Waals surface area contributed by atoms with Crippen molar-refractivity contribution in [1.29, 1.82) is 0 Å². The van der Waals surface area contributed by atoms with Gasteiger partial charge in [-0.25, -0.2) is 4.31 Å². The summed E-state index contributed by atoms with van der Waals surface area (Å²) in [6.45, 7) is 4.04. The second kappa shape index (κ2) is 7.35. The van der Waals surface area contributed by atoms with E-state index in [4.69, 9.17) is 0 Å². The van der Waals surface area contributed by atoms with Crippen LogP contribution in [0.25, 0.3) is 10.9 Å². The first-order chi connectivity index (χ1) is 12.3. The Kier molecular flexibility index (Phi) is 5.15. The van der Waals surface area contributed by atoms with Gasteiger partial charge < -0.3 is 9.88 Å². The molecule has 0 spiro atoms. The summed E-state index contributed by atoms with van der Waals surface area (Å²) in [6, 6.07) is 7.32. The molecule has 0 fully saturated rings. The van der Waals surface area contributed by atoms with E-state index in [2.05, 4.69) is 27.6 Å². The van der Waals surface area contributed by atoms with E-state index in [9.17, 15) is 9.59 Å². The molecule has 3 aromatic rings. The van der Waals surface area contributed by atoms with Crippen LogP contribution in [0.15, 0.2) is 40.2 Å². The van der Waals surface area contributed by atoms with E-state index in [1.165, 1.54) is 22.6 Å². The predicted molar refractivity (Wildman–Crippen MR) is 104 cm³/mol. The second-order valence-electron chi connectivity index (χ2n) is 6.31. The maximum absolute atomic E-state index is 12.3. The van der Waals surface area contributed by atoms with E-state index >= 15 is 0 Å². The molecule has 0 atom stereocenters. The molecule has 0 saturated heterocycles. The number of pyridine rings is 1. The molecule has 26 heavy (non-hydrogen) atoms. The Balaban J connectivity index is 1.68. The molecular formula is C18H21N5O2S. The van der Waals surface area contributed by atoms with Crippen molar-refractivity contribution in [2.24, 2.45) is 7.05 Å². The molecule has 3 rings (SSSR count). The van der Waals surface area contributed by atoms with E-state index in [1.54, 1.807) is 19.3 Å². The minimum Gasteiger partial charge on any atom is -0.325 e. The van der Waals surface area contributed by atoms with Gasteiger partial charge in [-0.3, -0.25) is 14.7 Å². The Bertz CT molecular complexity index is 1020. The highest BCUT2D eigenvalue weighted by atomic mass is 32.2. The van der Waals surface area contributed by atoms with Crippen molar-refractivity contribution in [3.63, 3.8) is 0 Å². The molecule has 136 valence electrons. The quantitative estimate of drug-likeness (QED) is 0.673. The monoisotopic (exact) mass is 371 g/mol. The van der Waals surface area contributed by atoms with Gasteiger partial charge in [-0.1, -0.05) is 0 Å². The van der Waals surface area contributed by atoms with Crippen LogP contribution in [0.4, 0.5) is 5.69 Å². The molecular weight excluding hydrogens is 350 g/mol. The number of fused-ring (bicyclic) bond motifs is 1. The highest BCUT2D eigenvalue weighted by molar-refractivity contribution is 7.97. The molecule has 0 saturated carbocycles. The van der Waals surface area contributed by atoms with Crippen LogP contribution in [-0.2, 0) is 11.8 Å². The van der Waals surface area contributed by atoms with Crippen molar-refractivity contribution in [2.75, 3.05) is 18.9 Å². The van der Waals surface area contributed by atoms with Gasteiger partial charge in [0.05, 0.1) is 18.3 Å². The molecule has 7 nitrogen and oxygen atoms in total. The molecule has 0 aliphatic rings. The predicted octanol–water partition coefficient (Wildman–Crippen LogP) is 2.46. The Morgan fingerprint density at radius 2 is 2.08 bits per heavy atom. The lowest BCUT2D eigenvalue weighted by molar-refractivity contribution is -0.116. The maximum Gasteiger partial charge on any atom is 0.252 e. The molecule has 1 amide bonds. The van der Waals surface area contributed by atoms with Gasteiger partial charge in [0, 0.05) is 34.8 Å². The lowest BCUT2D eigenvalue weighted by Gasteiger charge is -2.16. The Morgan fingerprint density at radius 3 is 2.81 bits per heavy atom. The van der Waals surface area contributed by atoms with Gasteiger partial charge >= 0.3 is 0 Å². The fourth-order valence-electron chi connectivity index (χ4n) is 2.68. The lowest BCUT2D eigenvalue weighted by Crippen LogP contribution is -2.27. The molecule has 2 N–H and O–H groups in total.